The van der Waals surface area contributed by atoms with Gasteiger partial charge in [0.25, 0.3) is 0 Å². The number of Topliss-reactive ketones (excluding diaryl/α,β-unsaturated/α-hetero) is 1. The summed E-state index contributed by atoms with van der Waals surface area (Å²) in [5, 5.41) is 7.60. The fourth-order valence-electron chi connectivity index (χ4n) is 1.96. The Hall–Kier alpha value is -2.99. The molecule has 0 spiro atoms. The van der Waals surface area contributed by atoms with Crippen molar-refractivity contribution in [2.24, 2.45) is 5.73 Å². The molecular weight excluding hydrogens is 322 g/mol. The Bertz CT molecular complexity index is 646. The van der Waals surface area contributed by atoms with E-state index in [9.17, 15) is 14.4 Å². The number of aliphatic carboxylic acids is 1. The number of carboxylic acid groups (broad SMARTS) is 1. The van der Waals surface area contributed by atoms with E-state index in [4.69, 9.17) is 9.84 Å². The summed E-state index contributed by atoms with van der Waals surface area (Å²) in [6, 6.07) is 19.0. The fraction of sp³-hybridized carbons (Fsp3) is 0.211. The second kappa shape index (κ2) is 10.7. The summed E-state index contributed by atoms with van der Waals surface area (Å²) in [6.45, 7) is 1.10. The number of carbonyl (C=O) groups excluding carboxylic acids is 2. The van der Waals surface area contributed by atoms with Crippen molar-refractivity contribution in [3.8, 4) is 0 Å². The Balaban J connectivity index is 0.000000550. The van der Waals surface area contributed by atoms with Gasteiger partial charge in [-0.15, -0.1) is 0 Å². The van der Waals surface area contributed by atoms with E-state index in [0.717, 1.165) is 11.1 Å². The smallest absolute Gasteiger partial charge is 0.317 e. The van der Waals surface area contributed by atoms with E-state index in [2.05, 4.69) is 5.73 Å². The largest absolute Gasteiger partial charge is 0.480 e. The quantitative estimate of drug-likeness (QED) is 0.616. The molecule has 2 aromatic carbocycles. The molecule has 0 saturated carbocycles. The van der Waals surface area contributed by atoms with Gasteiger partial charge >= 0.3 is 11.9 Å². The third-order valence-electron chi connectivity index (χ3n) is 3.02. The van der Waals surface area contributed by atoms with Crippen LogP contribution in [0.2, 0.25) is 0 Å². The van der Waals surface area contributed by atoms with E-state index in [-0.39, 0.29) is 18.7 Å². The van der Waals surface area contributed by atoms with E-state index in [1.165, 1.54) is 6.92 Å². The SMILES string of the molecule is CC(=O)CC(=O)OC(c1ccccc1)c1ccccc1.NCC(=O)O. The maximum atomic E-state index is 11.8. The van der Waals surface area contributed by atoms with Crippen molar-refractivity contribution in [1.82, 2.24) is 0 Å². The molecule has 6 heteroatoms. The van der Waals surface area contributed by atoms with E-state index in [1.807, 2.05) is 60.7 Å². The number of ether oxygens (including phenoxy) is 1. The Morgan fingerprint density at radius 1 is 0.960 bits per heavy atom. The molecule has 0 unspecified atom stereocenters. The molecule has 2 aromatic rings. The summed E-state index contributed by atoms with van der Waals surface area (Å²) >= 11 is 0. The molecule has 0 aliphatic heterocycles. The van der Waals surface area contributed by atoms with Gasteiger partial charge in [0.15, 0.2) is 6.10 Å². The van der Waals surface area contributed by atoms with E-state index < -0.39 is 18.0 Å². The number of rotatable bonds is 6. The lowest BCUT2D eigenvalue weighted by Crippen LogP contribution is -2.14. The van der Waals surface area contributed by atoms with Crippen LogP contribution in [0.3, 0.4) is 0 Å². The molecular formula is C19H21NO5. The van der Waals surface area contributed by atoms with Crippen molar-refractivity contribution >= 4 is 17.7 Å². The average molecular weight is 343 g/mol. The number of ketones is 1. The summed E-state index contributed by atoms with van der Waals surface area (Å²) in [5.41, 5.74) is 6.34. The minimum absolute atomic E-state index is 0.198. The normalized spacial score (nSPS) is 9.72. The molecule has 6 nitrogen and oxygen atoms in total. The molecule has 0 amide bonds. The first-order chi connectivity index (χ1) is 11.9. The van der Waals surface area contributed by atoms with Crippen LogP contribution in [0.4, 0.5) is 0 Å². The Kier molecular flexibility index (Phi) is 8.60. The second-order valence-corrected chi connectivity index (χ2v) is 5.17. The second-order valence-electron chi connectivity index (χ2n) is 5.17. The van der Waals surface area contributed by atoms with Crippen LogP contribution in [0.1, 0.15) is 30.6 Å². The monoisotopic (exact) mass is 343 g/mol. The number of benzene rings is 2. The van der Waals surface area contributed by atoms with Gasteiger partial charge in [0.2, 0.25) is 0 Å². The first kappa shape index (κ1) is 20.1. The number of hydrogen-bond donors (Lipinski definition) is 2. The van der Waals surface area contributed by atoms with Crippen LogP contribution < -0.4 is 5.73 Å². The first-order valence-electron chi connectivity index (χ1n) is 7.64. The molecule has 2 rings (SSSR count). The topological polar surface area (TPSA) is 107 Å². The van der Waals surface area contributed by atoms with Gasteiger partial charge in [-0.3, -0.25) is 14.4 Å². The molecule has 0 heterocycles. The number of esters is 1. The van der Waals surface area contributed by atoms with Crippen LogP contribution in [0.15, 0.2) is 60.7 Å². The van der Waals surface area contributed by atoms with Crippen LogP contribution >= 0.6 is 0 Å². The number of hydrogen-bond acceptors (Lipinski definition) is 5. The highest BCUT2D eigenvalue weighted by atomic mass is 16.5. The van der Waals surface area contributed by atoms with Crippen LogP contribution in [-0.4, -0.2) is 29.4 Å². The molecule has 0 aromatic heterocycles. The van der Waals surface area contributed by atoms with Crippen LogP contribution in [0, 0.1) is 0 Å². The summed E-state index contributed by atoms with van der Waals surface area (Å²) in [4.78, 5) is 32.0. The fourth-order valence-corrected chi connectivity index (χ4v) is 1.96. The zero-order chi connectivity index (χ0) is 18.7. The molecule has 0 radical (unpaired) electrons. The highest BCUT2D eigenvalue weighted by Crippen LogP contribution is 2.26. The van der Waals surface area contributed by atoms with Crippen LogP contribution in [0.5, 0.6) is 0 Å². The number of nitrogens with two attached hydrogens (primary N) is 1. The summed E-state index contributed by atoms with van der Waals surface area (Å²) < 4.78 is 5.47. The Morgan fingerprint density at radius 3 is 1.68 bits per heavy atom. The summed E-state index contributed by atoms with van der Waals surface area (Å²) in [5.74, 6) is -1.67. The molecule has 0 saturated heterocycles. The molecule has 25 heavy (non-hydrogen) atoms. The predicted molar refractivity (Wildman–Crippen MR) is 92.8 cm³/mol. The van der Waals surface area contributed by atoms with Gasteiger partial charge < -0.3 is 15.6 Å². The highest BCUT2D eigenvalue weighted by Gasteiger charge is 2.19. The van der Waals surface area contributed by atoms with Crippen LogP contribution in [0.25, 0.3) is 0 Å². The van der Waals surface area contributed by atoms with Crippen molar-refractivity contribution in [2.75, 3.05) is 6.54 Å². The van der Waals surface area contributed by atoms with Crippen molar-refractivity contribution in [3.05, 3.63) is 71.8 Å². The zero-order valence-corrected chi connectivity index (χ0v) is 13.9. The van der Waals surface area contributed by atoms with Gasteiger partial charge in [0, 0.05) is 0 Å². The van der Waals surface area contributed by atoms with Gasteiger partial charge in [-0.1, -0.05) is 60.7 Å². The summed E-state index contributed by atoms with van der Waals surface area (Å²) in [7, 11) is 0. The molecule has 3 N–H and O–H groups in total. The number of carboxylic acids is 1. The van der Waals surface area contributed by atoms with Gasteiger partial charge in [0.05, 0.1) is 6.54 Å². The van der Waals surface area contributed by atoms with Crippen LogP contribution in [-0.2, 0) is 19.1 Å². The lowest BCUT2D eigenvalue weighted by atomic mass is 10.0. The molecule has 0 aliphatic rings. The van der Waals surface area contributed by atoms with Gasteiger partial charge in [0.1, 0.15) is 12.2 Å². The maximum Gasteiger partial charge on any atom is 0.317 e. The lowest BCUT2D eigenvalue weighted by Gasteiger charge is -2.18. The number of carbonyl (C=O) groups is 3. The van der Waals surface area contributed by atoms with Crippen molar-refractivity contribution in [1.29, 1.82) is 0 Å². The first-order valence-corrected chi connectivity index (χ1v) is 7.64. The molecule has 0 fully saturated rings. The van der Waals surface area contributed by atoms with Crippen molar-refractivity contribution in [3.63, 3.8) is 0 Å². The minimum Gasteiger partial charge on any atom is -0.480 e. The summed E-state index contributed by atoms with van der Waals surface area (Å²) in [6.07, 6.45) is -0.680. The molecule has 0 bridgehead atoms. The molecule has 0 aliphatic carbocycles. The predicted octanol–water partition coefficient (Wildman–Crippen LogP) is 2.33. The minimum atomic E-state index is -0.968. The average Bonchev–Trinajstić information content (AvgIpc) is 2.61. The zero-order valence-electron chi connectivity index (χ0n) is 13.9. The highest BCUT2D eigenvalue weighted by molar-refractivity contribution is 5.94. The standard InChI is InChI=1S/C17H16O3.C2H5NO2/c1-13(18)12-16(19)20-17(14-8-4-2-5-9-14)15-10-6-3-7-11-15;3-1-2(4)5/h2-11,17H,12H2,1H3;1,3H2,(H,4,5). The van der Waals surface area contributed by atoms with E-state index in [0.29, 0.717) is 0 Å². The third kappa shape index (κ3) is 7.90. The van der Waals surface area contributed by atoms with Crippen molar-refractivity contribution in [2.45, 2.75) is 19.4 Å². The van der Waals surface area contributed by atoms with E-state index >= 15 is 0 Å². The van der Waals surface area contributed by atoms with Gasteiger partial charge in [-0.05, 0) is 18.1 Å². The third-order valence-corrected chi connectivity index (χ3v) is 3.02. The van der Waals surface area contributed by atoms with E-state index in [1.54, 1.807) is 0 Å². The maximum absolute atomic E-state index is 11.8. The molecule has 132 valence electrons. The van der Waals surface area contributed by atoms with Crippen molar-refractivity contribution < 1.29 is 24.2 Å². The van der Waals surface area contributed by atoms with Gasteiger partial charge in [-0.2, -0.15) is 0 Å². The van der Waals surface area contributed by atoms with Gasteiger partial charge in [-0.25, -0.2) is 0 Å². The molecule has 0 atom stereocenters. The lowest BCUT2D eigenvalue weighted by molar-refractivity contribution is -0.149. The Labute approximate surface area is 146 Å². The Morgan fingerprint density at radius 2 is 1.36 bits per heavy atom.